The summed E-state index contributed by atoms with van der Waals surface area (Å²) < 4.78 is 15.0. The van der Waals surface area contributed by atoms with Gasteiger partial charge in [-0.2, -0.15) is 0 Å². The zero-order valence-corrected chi connectivity index (χ0v) is 24.0. The third kappa shape index (κ3) is 5.31. The minimum Gasteiger partial charge on any atom is -0.393 e. The fraction of sp³-hybridized carbons (Fsp3) is 0.533. The molecule has 0 radical (unpaired) electrons. The van der Waals surface area contributed by atoms with Gasteiger partial charge in [-0.1, -0.05) is 56.1 Å². The number of aliphatic hydroxyl groups is 1. The van der Waals surface area contributed by atoms with Crippen LogP contribution in [0, 0.1) is 17.2 Å². The molecule has 2 heterocycles. The number of rotatable bonds is 6. The number of aliphatic hydroxyl groups excluding tert-OH is 1. The second-order valence-electron chi connectivity index (χ2n) is 12.5. The zero-order chi connectivity index (χ0) is 28.1. The van der Waals surface area contributed by atoms with Crippen LogP contribution in [0.5, 0.6) is 0 Å². The zero-order valence-electron chi connectivity index (χ0n) is 22.5. The molecule has 2 aliphatic heterocycles. The molecule has 2 aromatic rings. The van der Waals surface area contributed by atoms with Crippen molar-refractivity contribution in [2.75, 3.05) is 11.9 Å². The molecule has 1 aliphatic carbocycles. The van der Waals surface area contributed by atoms with Crippen molar-refractivity contribution in [2.24, 2.45) is 11.3 Å². The lowest BCUT2D eigenvalue weighted by Crippen LogP contribution is -2.49. The van der Waals surface area contributed by atoms with Crippen molar-refractivity contribution in [2.45, 2.75) is 82.4 Å². The summed E-state index contributed by atoms with van der Waals surface area (Å²) in [5, 5.41) is 19.8. The Morgan fingerprint density at radius 3 is 2.64 bits per heavy atom. The number of carbonyl (C=O) groups is 2. The van der Waals surface area contributed by atoms with E-state index in [1.54, 1.807) is 18.2 Å². The molecule has 3 aliphatic rings. The molecule has 4 N–H and O–H groups in total. The van der Waals surface area contributed by atoms with Gasteiger partial charge in [-0.25, -0.2) is 4.39 Å². The quantitative estimate of drug-likeness (QED) is 0.363. The molecule has 210 valence electrons. The first-order valence-corrected chi connectivity index (χ1v) is 14.4. The fourth-order valence-corrected chi connectivity index (χ4v) is 7.32. The number of amides is 2. The summed E-state index contributed by atoms with van der Waals surface area (Å²) in [6.45, 7) is 6.71. The lowest BCUT2D eigenvalue weighted by atomic mass is 9.62. The van der Waals surface area contributed by atoms with Crippen molar-refractivity contribution in [3.8, 4) is 0 Å². The van der Waals surface area contributed by atoms with Crippen molar-refractivity contribution >= 4 is 40.7 Å². The lowest BCUT2D eigenvalue weighted by molar-refractivity contribution is -0.123. The van der Waals surface area contributed by atoms with Crippen LogP contribution in [0.25, 0.3) is 0 Å². The molecule has 0 bridgehead atoms. The minimum atomic E-state index is -1.27. The second-order valence-corrected chi connectivity index (χ2v) is 13.4. The van der Waals surface area contributed by atoms with E-state index in [9.17, 15) is 19.1 Å². The van der Waals surface area contributed by atoms with E-state index in [0.717, 1.165) is 31.2 Å². The van der Waals surface area contributed by atoms with E-state index in [0.29, 0.717) is 35.2 Å². The van der Waals surface area contributed by atoms with Crippen LogP contribution in [0.3, 0.4) is 0 Å². The molecule has 0 unspecified atom stereocenters. The van der Waals surface area contributed by atoms with E-state index >= 15 is 0 Å². The average molecular weight is 577 g/mol. The Kier molecular flexibility index (Phi) is 7.74. The lowest BCUT2D eigenvalue weighted by Gasteiger charge is -2.37. The predicted octanol–water partition coefficient (Wildman–Crippen LogP) is 5.55. The Morgan fingerprint density at radius 2 is 1.97 bits per heavy atom. The van der Waals surface area contributed by atoms with Gasteiger partial charge in [0.2, 0.25) is 11.8 Å². The van der Waals surface area contributed by atoms with Gasteiger partial charge in [0.15, 0.2) is 0 Å². The summed E-state index contributed by atoms with van der Waals surface area (Å²) >= 11 is 12.5. The van der Waals surface area contributed by atoms with Gasteiger partial charge in [0.1, 0.15) is 11.2 Å². The van der Waals surface area contributed by atoms with E-state index in [4.69, 9.17) is 23.2 Å². The average Bonchev–Trinajstić information content (AvgIpc) is 3.49. The highest BCUT2D eigenvalue weighted by molar-refractivity contribution is 6.31. The number of benzene rings is 2. The predicted molar refractivity (Wildman–Crippen MR) is 152 cm³/mol. The van der Waals surface area contributed by atoms with Gasteiger partial charge in [-0.05, 0) is 78.8 Å². The van der Waals surface area contributed by atoms with Crippen LogP contribution >= 0.6 is 23.2 Å². The number of fused-ring (bicyclic) bond motifs is 2. The maximum Gasteiger partial charge on any atom is 0.237 e. The second kappa shape index (κ2) is 10.7. The van der Waals surface area contributed by atoms with E-state index in [1.807, 2.05) is 6.07 Å². The maximum atomic E-state index is 15.0. The summed E-state index contributed by atoms with van der Waals surface area (Å²) in [7, 11) is 0. The third-order valence-corrected chi connectivity index (χ3v) is 9.08. The highest BCUT2D eigenvalue weighted by Crippen LogP contribution is 2.57. The molecule has 5 rings (SSSR count). The Hall–Kier alpha value is -2.19. The number of anilines is 1. The Bertz CT molecular complexity index is 1280. The van der Waals surface area contributed by atoms with Gasteiger partial charge < -0.3 is 21.1 Å². The first-order valence-electron chi connectivity index (χ1n) is 13.7. The van der Waals surface area contributed by atoms with Gasteiger partial charge in [-0.3, -0.25) is 9.59 Å². The topological polar surface area (TPSA) is 90.5 Å². The van der Waals surface area contributed by atoms with Crippen LogP contribution in [0.2, 0.25) is 10.0 Å². The third-order valence-electron chi connectivity index (χ3n) is 8.56. The summed E-state index contributed by atoms with van der Waals surface area (Å²) in [6, 6.07) is 8.77. The van der Waals surface area contributed by atoms with Crippen molar-refractivity contribution in [3.05, 3.63) is 63.4 Å². The molecule has 2 fully saturated rings. The summed E-state index contributed by atoms with van der Waals surface area (Å²) in [5.41, 5.74) is 0.211. The summed E-state index contributed by atoms with van der Waals surface area (Å²) in [5.74, 6) is -1.40. The van der Waals surface area contributed by atoms with Crippen LogP contribution in [0.1, 0.15) is 69.9 Å². The van der Waals surface area contributed by atoms with Crippen LogP contribution in [-0.2, 0) is 15.0 Å². The van der Waals surface area contributed by atoms with Crippen molar-refractivity contribution in [1.29, 1.82) is 0 Å². The highest BCUT2D eigenvalue weighted by Gasteiger charge is 2.65. The van der Waals surface area contributed by atoms with Crippen LogP contribution in [0.4, 0.5) is 10.1 Å². The van der Waals surface area contributed by atoms with E-state index in [-0.39, 0.29) is 28.4 Å². The molecule has 6 atom stereocenters. The van der Waals surface area contributed by atoms with E-state index in [1.165, 1.54) is 12.1 Å². The molecule has 39 heavy (non-hydrogen) atoms. The molecule has 9 heteroatoms. The minimum absolute atomic E-state index is 0.0740. The van der Waals surface area contributed by atoms with Gasteiger partial charge in [0, 0.05) is 29.2 Å². The molecule has 2 aromatic carbocycles. The first kappa shape index (κ1) is 28.3. The van der Waals surface area contributed by atoms with Crippen molar-refractivity contribution in [3.63, 3.8) is 0 Å². The monoisotopic (exact) mass is 575 g/mol. The van der Waals surface area contributed by atoms with Crippen LogP contribution in [-0.4, -0.2) is 41.7 Å². The fourth-order valence-electron chi connectivity index (χ4n) is 6.95. The molecular weight excluding hydrogens is 540 g/mol. The Morgan fingerprint density at radius 1 is 1.21 bits per heavy atom. The van der Waals surface area contributed by atoms with E-state index < -0.39 is 29.2 Å². The summed E-state index contributed by atoms with van der Waals surface area (Å²) in [6.07, 6.45) is 3.58. The van der Waals surface area contributed by atoms with E-state index in [2.05, 4.69) is 36.7 Å². The van der Waals surface area contributed by atoms with Crippen molar-refractivity contribution in [1.82, 2.24) is 10.6 Å². The highest BCUT2D eigenvalue weighted by atomic mass is 35.5. The van der Waals surface area contributed by atoms with Crippen LogP contribution in [0.15, 0.2) is 36.4 Å². The number of hydrogen-bond acceptors (Lipinski definition) is 4. The maximum absolute atomic E-state index is 15.0. The molecule has 1 saturated carbocycles. The molecule has 1 spiro atoms. The van der Waals surface area contributed by atoms with Crippen LogP contribution < -0.4 is 16.0 Å². The SMILES string of the molecule is CC(C)(C)C[C@H]1N[C@@H](C(=O)NCC[C@H]2CC[C@H](O)C2)[C@H](c2cccc(Cl)c2)[C@@]12C(=O)Nc1cc(Cl)c(F)cc12. The first-order chi connectivity index (χ1) is 18.4. The molecule has 6 nitrogen and oxygen atoms in total. The number of hydrogen-bond donors (Lipinski definition) is 4. The number of nitrogens with one attached hydrogen (secondary N) is 3. The Balaban J connectivity index is 1.58. The van der Waals surface area contributed by atoms with Gasteiger partial charge >= 0.3 is 0 Å². The molecule has 0 aromatic heterocycles. The molecular formula is C30H36Cl2FN3O3. The number of halogens is 3. The smallest absolute Gasteiger partial charge is 0.237 e. The summed E-state index contributed by atoms with van der Waals surface area (Å²) in [4.78, 5) is 28.0. The largest absolute Gasteiger partial charge is 0.393 e. The molecule has 2 amide bonds. The normalized spacial score (nSPS) is 30.0. The van der Waals surface area contributed by atoms with Gasteiger partial charge in [0.05, 0.1) is 17.2 Å². The van der Waals surface area contributed by atoms with Gasteiger partial charge in [-0.15, -0.1) is 0 Å². The Labute approximate surface area is 239 Å². The van der Waals surface area contributed by atoms with Gasteiger partial charge in [0.25, 0.3) is 0 Å². The molecule has 1 saturated heterocycles. The number of carbonyl (C=O) groups excluding carboxylic acids is 2. The van der Waals surface area contributed by atoms with Crippen molar-refractivity contribution < 1.29 is 19.1 Å². The standard InChI is InChI=1S/C30H36Cl2FN3O3/c1-29(2,3)15-24-30(20-13-22(33)21(32)14-23(20)35-28(30)39)25(17-5-4-6-18(31)12-17)26(36-24)27(38)34-10-9-16-7-8-19(37)11-16/h4-6,12-14,16,19,24-26,36-37H,7-11,15H2,1-3H3,(H,34,38)(H,35,39)/t16-,19+,24-,25+,26-,30+/m1/s1.